The number of carbonyl (C=O) groups is 2. The highest BCUT2D eigenvalue weighted by Gasteiger charge is 2.23. The highest BCUT2D eigenvalue weighted by molar-refractivity contribution is 7.90. The van der Waals surface area contributed by atoms with Gasteiger partial charge in [0.25, 0.3) is 5.91 Å². The summed E-state index contributed by atoms with van der Waals surface area (Å²) in [6.45, 7) is 0.194. The second kappa shape index (κ2) is 9.89. The molecule has 2 rings (SSSR count). The lowest BCUT2D eigenvalue weighted by atomic mass is 10.1. The van der Waals surface area contributed by atoms with Crippen molar-refractivity contribution in [2.45, 2.75) is 19.0 Å². The van der Waals surface area contributed by atoms with E-state index < -0.39 is 27.7 Å². The number of amides is 2. The standard InChI is InChI=1S/C20H24N2O5S/c1-27-18-11-7-6-10-16(18)14-21-20(24)17(12-13-28(2,25)26)22-19(23)15-8-4-3-5-9-15/h3-11,17H,12-14H2,1-2H3,(H,21,24)(H,22,23). The van der Waals surface area contributed by atoms with E-state index in [0.29, 0.717) is 11.3 Å². The molecule has 0 saturated heterocycles. The van der Waals surface area contributed by atoms with Gasteiger partial charge in [-0.2, -0.15) is 0 Å². The Bertz CT molecular complexity index is 913. The third kappa shape index (κ3) is 6.70. The molecule has 0 spiro atoms. The predicted octanol–water partition coefficient (Wildman–Crippen LogP) is 1.54. The molecule has 0 aliphatic heterocycles. The van der Waals surface area contributed by atoms with Crippen LogP contribution in [0.15, 0.2) is 54.6 Å². The smallest absolute Gasteiger partial charge is 0.251 e. The van der Waals surface area contributed by atoms with Crippen molar-refractivity contribution in [3.05, 3.63) is 65.7 Å². The van der Waals surface area contributed by atoms with E-state index in [9.17, 15) is 18.0 Å². The lowest BCUT2D eigenvalue weighted by Gasteiger charge is -2.19. The fourth-order valence-electron chi connectivity index (χ4n) is 2.59. The molecule has 0 fully saturated rings. The van der Waals surface area contributed by atoms with E-state index in [2.05, 4.69) is 10.6 Å². The van der Waals surface area contributed by atoms with Gasteiger partial charge in [-0.3, -0.25) is 9.59 Å². The minimum Gasteiger partial charge on any atom is -0.496 e. The van der Waals surface area contributed by atoms with Crippen molar-refractivity contribution < 1.29 is 22.7 Å². The van der Waals surface area contributed by atoms with Gasteiger partial charge in [0.05, 0.1) is 12.9 Å². The van der Waals surface area contributed by atoms with Gasteiger partial charge in [0.2, 0.25) is 5.91 Å². The molecule has 1 unspecified atom stereocenters. The van der Waals surface area contributed by atoms with Crippen molar-refractivity contribution in [1.29, 1.82) is 0 Å². The first-order chi connectivity index (χ1) is 13.3. The van der Waals surface area contributed by atoms with Crippen LogP contribution < -0.4 is 15.4 Å². The van der Waals surface area contributed by atoms with Gasteiger partial charge in [-0.05, 0) is 24.6 Å². The minimum atomic E-state index is -3.28. The molecule has 0 aliphatic rings. The quantitative estimate of drug-likeness (QED) is 0.660. The predicted molar refractivity (Wildman–Crippen MR) is 107 cm³/mol. The lowest BCUT2D eigenvalue weighted by molar-refractivity contribution is -0.123. The zero-order chi connectivity index (χ0) is 20.6. The molecule has 7 nitrogen and oxygen atoms in total. The average Bonchev–Trinajstić information content (AvgIpc) is 2.69. The number of carbonyl (C=O) groups excluding carboxylic acids is 2. The first-order valence-corrected chi connectivity index (χ1v) is 10.8. The van der Waals surface area contributed by atoms with Crippen molar-refractivity contribution in [3.8, 4) is 5.75 Å². The van der Waals surface area contributed by atoms with Crippen LogP contribution >= 0.6 is 0 Å². The first kappa shape index (κ1) is 21.4. The zero-order valence-electron chi connectivity index (χ0n) is 15.8. The van der Waals surface area contributed by atoms with Crippen LogP contribution in [-0.2, 0) is 21.2 Å². The van der Waals surface area contributed by atoms with Gasteiger partial charge in [0, 0.05) is 23.9 Å². The van der Waals surface area contributed by atoms with Crippen LogP contribution in [0.4, 0.5) is 0 Å². The van der Waals surface area contributed by atoms with Crippen molar-refractivity contribution >= 4 is 21.7 Å². The molecular weight excluding hydrogens is 380 g/mol. The Labute approximate surface area is 165 Å². The van der Waals surface area contributed by atoms with E-state index in [1.807, 2.05) is 18.2 Å². The van der Waals surface area contributed by atoms with Crippen LogP contribution in [0.1, 0.15) is 22.3 Å². The second-order valence-electron chi connectivity index (χ2n) is 6.34. The van der Waals surface area contributed by atoms with Gasteiger partial charge in [-0.15, -0.1) is 0 Å². The molecule has 28 heavy (non-hydrogen) atoms. The topological polar surface area (TPSA) is 102 Å². The molecule has 0 aliphatic carbocycles. The molecule has 2 aromatic carbocycles. The molecule has 0 bridgehead atoms. The number of hydrogen-bond donors (Lipinski definition) is 2. The molecule has 0 aromatic heterocycles. The van der Waals surface area contributed by atoms with Gasteiger partial charge >= 0.3 is 0 Å². The number of para-hydroxylation sites is 1. The van der Waals surface area contributed by atoms with Crippen LogP contribution in [0.25, 0.3) is 0 Å². The van der Waals surface area contributed by atoms with E-state index in [1.165, 1.54) is 7.11 Å². The second-order valence-corrected chi connectivity index (χ2v) is 8.60. The van der Waals surface area contributed by atoms with Gasteiger partial charge in [0.1, 0.15) is 21.6 Å². The summed E-state index contributed by atoms with van der Waals surface area (Å²) in [5, 5.41) is 5.36. The summed E-state index contributed by atoms with van der Waals surface area (Å²) in [4.78, 5) is 25.0. The molecule has 2 aromatic rings. The maximum atomic E-state index is 12.6. The summed E-state index contributed by atoms with van der Waals surface area (Å²) in [5.74, 6) is -0.483. The number of sulfone groups is 1. The number of ether oxygens (including phenoxy) is 1. The summed E-state index contributed by atoms with van der Waals surface area (Å²) >= 11 is 0. The summed E-state index contributed by atoms with van der Waals surface area (Å²) in [5.41, 5.74) is 1.17. The fraction of sp³-hybridized carbons (Fsp3) is 0.300. The molecule has 0 radical (unpaired) electrons. The van der Waals surface area contributed by atoms with Gasteiger partial charge in [0.15, 0.2) is 0 Å². The molecule has 1 atom stereocenters. The number of hydrogen-bond acceptors (Lipinski definition) is 5. The van der Waals surface area contributed by atoms with Crippen LogP contribution in [0, 0.1) is 0 Å². The van der Waals surface area contributed by atoms with Crippen LogP contribution in [0.5, 0.6) is 5.75 Å². The SMILES string of the molecule is COc1ccccc1CNC(=O)C(CCS(C)(=O)=O)NC(=O)c1ccccc1. The molecule has 0 saturated carbocycles. The van der Waals surface area contributed by atoms with E-state index in [4.69, 9.17) is 4.74 Å². The Morgan fingerprint density at radius 2 is 1.68 bits per heavy atom. The molecule has 2 N–H and O–H groups in total. The van der Waals surface area contributed by atoms with Crippen LogP contribution in [-0.4, -0.2) is 45.4 Å². The Hall–Kier alpha value is -2.87. The number of rotatable bonds is 9. The van der Waals surface area contributed by atoms with Gasteiger partial charge < -0.3 is 15.4 Å². The number of benzene rings is 2. The number of methoxy groups -OCH3 is 1. The Balaban J connectivity index is 2.08. The van der Waals surface area contributed by atoms with Crippen LogP contribution in [0.3, 0.4) is 0 Å². The van der Waals surface area contributed by atoms with E-state index in [0.717, 1.165) is 11.8 Å². The summed E-state index contributed by atoms with van der Waals surface area (Å²) in [6, 6.07) is 14.7. The third-order valence-corrected chi connectivity index (χ3v) is 5.06. The highest BCUT2D eigenvalue weighted by Crippen LogP contribution is 2.16. The third-order valence-electron chi connectivity index (χ3n) is 4.08. The summed E-state index contributed by atoms with van der Waals surface area (Å²) < 4.78 is 28.3. The van der Waals surface area contributed by atoms with E-state index >= 15 is 0 Å². The lowest BCUT2D eigenvalue weighted by Crippen LogP contribution is -2.47. The van der Waals surface area contributed by atoms with Gasteiger partial charge in [-0.1, -0.05) is 36.4 Å². The minimum absolute atomic E-state index is 0.0187. The maximum Gasteiger partial charge on any atom is 0.251 e. The van der Waals surface area contributed by atoms with E-state index in [1.54, 1.807) is 36.4 Å². The summed E-state index contributed by atoms with van der Waals surface area (Å²) in [6.07, 6.45) is 1.07. The molecule has 150 valence electrons. The van der Waals surface area contributed by atoms with Crippen molar-refractivity contribution in [1.82, 2.24) is 10.6 Å². The normalized spacial score (nSPS) is 12.1. The average molecular weight is 404 g/mol. The fourth-order valence-corrected chi connectivity index (χ4v) is 3.25. The summed E-state index contributed by atoms with van der Waals surface area (Å²) in [7, 11) is -1.74. The first-order valence-electron chi connectivity index (χ1n) is 8.73. The highest BCUT2D eigenvalue weighted by atomic mass is 32.2. The molecule has 2 amide bonds. The molecule has 8 heteroatoms. The number of nitrogens with one attached hydrogen (secondary N) is 2. The Kier molecular flexibility index (Phi) is 7.57. The van der Waals surface area contributed by atoms with Crippen molar-refractivity contribution in [2.75, 3.05) is 19.1 Å². The van der Waals surface area contributed by atoms with Crippen LogP contribution in [0.2, 0.25) is 0 Å². The molecular formula is C20H24N2O5S. The molecule has 0 heterocycles. The Morgan fingerprint density at radius 3 is 2.32 bits per heavy atom. The largest absolute Gasteiger partial charge is 0.496 e. The van der Waals surface area contributed by atoms with Gasteiger partial charge in [-0.25, -0.2) is 8.42 Å². The monoisotopic (exact) mass is 404 g/mol. The van der Waals surface area contributed by atoms with Crippen molar-refractivity contribution in [3.63, 3.8) is 0 Å². The maximum absolute atomic E-state index is 12.6. The van der Waals surface area contributed by atoms with Crippen molar-refractivity contribution in [2.24, 2.45) is 0 Å². The Morgan fingerprint density at radius 1 is 1.04 bits per heavy atom. The van der Waals surface area contributed by atoms with E-state index in [-0.39, 0.29) is 18.7 Å². The zero-order valence-corrected chi connectivity index (χ0v) is 16.7.